The van der Waals surface area contributed by atoms with E-state index in [1.54, 1.807) is 19.1 Å². The Morgan fingerprint density at radius 2 is 1.89 bits per heavy atom. The molecule has 0 atom stereocenters. The molecule has 0 fully saturated rings. The van der Waals surface area contributed by atoms with Crippen molar-refractivity contribution in [1.82, 2.24) is 5.32 Å². The summed E-state index contributed by atoms with van der Waals surface area (Å²) >= 11 is 0. The SMILES string of the molecule is CCOC(=O)C(=O)NC(=O)/C=C/c1ccccc1. The van der Waals surface area contributed by atoms with Crippen LogP contribution in [0.2, 0.25) is 0 Å². The largest absolute Gasteiger partial charge is 0.459 e. The Hall–Kier alpha value is -2.43. The van der Waals surface area contributed by atoms with Gasteiger partial charge in [-0.1, -0.05) is 30.3 Å². The second kappa shape index (κ2) is 7.01. The van der Waals surface area contributed by atoms with Gasteiger partial charge in [-0.2, -0.15) is 0 Å². The molecule has 0 unspecified atom stereocenters. The second-order valence-corrected chi connectivity index (χ2v) is 3.28. The molecule has 0 saturated heterocycles. The number of benzene rings is 1. The molecule has 18 heavy (non-hydrogen) atoms. The number of hydrogen-bond acceptors (Lipinski definition) is 4. The molecule has 0 aromatic heterocycles. The predicted molar refractivity (Wildman–Crippen MR) is 65.3 cm³/mol. The number of amides is 2. The van der Waals surface area contributed by atoms with Crippen LogP contribution in [0, 0.1) is 0 Å². The van der Waals surface area contributed by atoms with Gasteiger partial charge in [-0.05, 0) is 18.6 Å². The second-order valence-electron chi connectivity index (χ2n) is 3.28. The van der Waals surface area contributed by atoms with Crippen LogP contribution in [-0.2, 0) is 19.1 Å². The molecule has 0 aliphatic carbocycles. The fraction of sp³-hybridized carbons (Fsp3) is 0.154. The number of ether oxygens (including phenoxy) is 1. The highest BCUT2D eigenvalue weighted by atomic mass is 16.5. The third-order valence-electron chi connectivity index (χ3n) is 1.92. The van der Waals surface area contributed by atoms with E-state index in [-0.39, 0.29) is 6.61 Å². The van der Waals surface area contributed by atoms with Gasteiger partial charge in [-0.25, -0.2) is 4.79 Å². The Kier molecular flexibility index (Phi) is 5.31. The van der Waals surface area contributed by atoms with Gasteiger partial charge in [-0.3, -0.25) is 14.9 Å². The molecule has 1 N–H and O–H groups in total. The van der Waals surface area contributed by atoms with Crippen molar-refractivity contribution in [2.24, 2.45) is 0 Å². The highest BCUT2D eigenvalue weighted by molar-refractivity contribution is 6.36. The summed E-state index contributed by atoms with van der Waals surface area (Å²) in [5.74, 6) is -2.81. The maximum absolute atomic E-state index is 11.3. The van der Waals surface area contributed by atoms with E-state index >= 15 is 0 Å². The highest BCUT2D eigenvalue weighted by Gasteiger charge is 2.16. The molecular formula is C13H13NO4. The number of carbonyl (C=O) groups is 3. The molecule has 1 aromatic carbocycles. The Labute approximate surface area is 104 Å². The van der Waals surface area contributed by atoms with Crippen LogP contribution in [0.3, 0.4) is 0 Å². The van der Waals surface area contributed by atoms with Crippen molar-refractivity contribution in [3.63, 3.8) is 0 Å². The van der Waals surface area contributed by atoms with Gasteiger partial charge in [0.15, 0.2) is 0 Å². The number of nitrogens with one attached hydrogen (secondary N) is 1. The van der Waals surface area contributed by atoms with Crippen LogP contribution in [0.5, 0.6) is 0 Å². The van der Waals surface area contributed by atoms with Crippen LogP contribution >= 0.6 is 0 Å². The smallest absolute Gasteiger partial charge is 0.397 e. The third kappa shape index (κ3) is 4.61. The van der Waals surface area contributed by atoms with E-state index in [0.717, 1.165) is 5.56 Å². The Morgan fingerprint density at radius 1 is 1.22 bits per heavy atom. The van der Waals surface area contributed by atoms with E-state index in [4.69, 9.17) is 0 Å². The van der Waals surface area contributed by atoms with E-state index < -0.39 is 17.8 Å². The van der Waals surface area contributed by atoms with Gasteiger partial charge < -0.3 is 4.74 Å². The maximum Gasteiger partial charge on any atom is 0.397 e. The van der Waals surface area contributed by atoms with Gasteiger partial charge in [0.25, 0.3) is 5.91 Å². The van der Waals surface area contributed by atoms with Crippen molar-refractivity contribution in [1.29, 1.82) is 0 Å². The normalized spacial score (nSPS) is 10.1. The molecule has 1 rings (SSSR count). The Balaban J connectivity index is 2.50. The lowest BCUT2D eigenvalue weighted by Crippen LogP contribution is -2.36. The summed E-state index contributed by atoms with van der Waals surface area (Å²) in [6.07, 6.45) is 2.71. The molecule has 0 aliphatic rings. The standard InChI is InChI=1S/C13H13NO4/c1-2-18-13(17)12(16)14-11(15)9-8-10-6-4-3-5-7-10/h3-9H,2H2,1H3,(H,14,15,16)/b9-8+. The lowest BCUT2D eigenvalue weighted by atomic mass is 10.2. The van der Waals surface area contributed by atoms with Crippen LogP contribution in [0.1, 0.15) is 12.5 Å². The van der Waals surface area contributed by atoms with Crippen molar-refractivity contribution >= 4 is 23.9 Å². The van der Waals surface area contributed by atoms with Gasteiger partial charge in [0.1, 0.15) is 0 Å². The first-order valence-corrected chi connectivity index (χ1v) is 5.38. The number of carbonyl (C=O) groups excluding carboxylic acids is 3. The molecule has 5 heteroatoms. The predicted octanol–water partition coefficient (Wildman–Crippen LogP) is 0.906. The first kappa shape index (κ1) is 13.6. The Morgan fingerprint density at radius 3 is 2.50 bits per heavy atom. The topological polar surface area (TPSA) is 72.5 Å². The molecule has 1 aromatic rings. The van der Waals surface area contributed by atoms with Crippen LogP contribution in [0.4, 0.5) is 0 Å². The molecule has 0 radical (unpaired) electrons. The number of hydrogen-bond donors (Lipinski definition) is 1. The van der Waals surface area contributed by atoms with Crippen LogP contribution in [0.25, 0.3) is 6.08 Å². The van der Waals surface area contributed by atoms with Crippen LogP contribution in [-0.4, -0.2) is 24.4 Å². The van der Waals surface area contributed by atoms with Gasteiger partial charge >= 0.3 is 11.9 Å². The summed E-state index contributed by atoms with van der Waals surface area (Å²) in [7, 11) is 0. The highest BCUT2D eigenvalue weighted by Crippen LogP contribution is 2.00. The van der Waals surface area contributed by atoms with Gasteiger partial charge in [0.05, 0.1) is 6.61 Å². The first-order chi connectivity index (χ1) is 8.63. The zero-order valence-corrected chi connectivity index (χ0v) is 9.88. The zero-order valence-electron chi connectivity index (χ0n) is 9.88. The summed E-state index contributed by atoms with van der Waals surface area (Å²) < 4.78 is 4.44. The molecule has 2 amide bonds. The minimum Gasteiger partial charge on any atom is -0.459 e. The lowest BCUT2D eigenvalue weighted by molar-refractivity contribution is -0.155. The molecule has 0 saturated carbocycles. The van der Waals surface area contributed by atoms with Crippen LogP contribution < -0.4 is 5.32 Å². The van der Waals surface area contributed by atoms with Gasteiger partial charge in [0, 0.05) is 6.08 Å². The van der Waals surface area contributed by atoms with Gasteiger partial charge in [0.2, 0.25) is 0 Å². The van der Waals surface area contributed by atoms with Crippen molar-refractivity contribution < 1.29 is 19.1 Å². The summed E-state index contributed by atoms with van der Waals surface area (Å²) in [4.78, 5) is 33.4. The number of esters is 1. The average Bonchev–Trinajstić information content (AvgIpc) is 2.38. The van der Waals surface area contributed by atoms with Crippen molar-refractivity contribution in [2.75, 3.05) is 6.61 Å². The summed E-state index contributed by atoms with van der Waals surface area (Å²) in [5.41, 5.74) is 0.816. The van der Waals surface area contributed by atoms with E-state index in [1.165, 1.54) is 12.2 Å². The summed E-state index contributed by atoms with van der Waals surface area (Å²) in [5, 5.41) is 1.90. The van der Waals surface area contributed by atoms with Gasteiger partial charge in [-0.15, -0.1) is 0 Å². The molecule has 94 valence electrons. The molecule has 5 nitrogen and oxygen atoms in total. The zero-order chi connectivity index (χ0) is 13.4. The number of imide groups is 1. The van der Waals surface area contributed by atoms with E-state index in [9.17, 15) is 14.4 Å². The first-order valence-electron chi connectivity index (χ1n) is 5.38. The molecule has 0 aliphatic heterocycles. The molecule has 0 heterocycles. The number of rotatable bonds is 3. The summed E-state index contributed by atoms with van der Waals surface area (Å²) in [6.45, 7) is 1.66. The lowest BCUT2D eigenvalue weighted by Gasteiger charge is -2.00. The minimum absolute atomic E-state index is 0.0836. The quantitative estimate of drug-likeness (QED) is 0.489. The molecular weight excluding hydrogens is 234 g/mol. The summed E-state index contributed by atoms with van der Waals surface area (Å²) in [6, 6.07) is 9.10. The van der Waals surface area contributed by atoms with E-state index in [0.29, 0.717) is 0 Å². The molecule has 0 bridgehead atoms. The van der Waals surface area contributed by atoms with E-state index in [1.807, 2.05) is 23.5 Å². The average molecular weight is 247 g/mol. The minimum atomic E-state index is -1.07. The van der Waals surface area contributed by atoms with Crippen molar-refractivity contribution in [3.8, 4) is 0 Å². The fourth-order valence-corrected chi connectivity index (χ4v) is 1.14. The third-order valence-corrected chi connectivity index (χ3v) is 1.92. The Bertz CT molecular complexity index is 465. The van der Waals surface area contributed by atoms with Crippen molar-refractivity contribution in [3.05, 3.63) is 42.0 Å². The molecule has 0 spiro atoms. The monoisotopic (exact) mass is 247 g/mol. The van der Waals surface area contributed by atoms with E-state index in [2.05, 4.69) is 4.74 Å². The van der Waals surface area contributed by atoms with Crippen molar-refractivity contribution in [2.45, 2.75) is 6.92 Å². The fourth-order valence-electron chi connectivity index (χ4n) is 1.14. The van der Waals surface area contributed by atoms with Crippen LogP contribution in [0.15, 0.2) is 36.4 Å². The maximum atomic E-state index is 11.3.